The zero-order valence-corrected chi connectivity index (χ0v) is 9.60. The zero-order chi connectivity index (χ0) is 11.4. The lowest BCUT2D eigenvalue weighted by molar-refractivity contribution is -0.121. The summed E-state index contributed by atoms with van der Waals surface area (Å²) in [5.41, 5.74) is -0.260. The SMILES string of the molecule is C=C(C)O/C(=C\C)C(=O)NC(C)(C)C. The van der Waals surface area contributed by atoms with E-state index in [1.807, 2.05) is 20.8 Å². The molecular formula is C11H19NO2. The lowest BCUT2D eigenvalue weighted by Gasteiger charge is -2.21. The van der Waals surface area contributed by atoms with Gasteiger partial charge in [-0.05, 0) is 40.7 Å². The molecule has 0 saturated carbocycles. The second-order valence-electron chi connectivity index (χ2n) is 4.16. The molecule has 0 aliphatic carbocycles. The van der Waals surface area contributed by atoms with Gasteiger partial charge in [-0.25, -0.2) is 0 Å². The Balaban J connectivity index is 4.43. The monoisotopic (exact) mass is 197 g/mol. The van der Waals surface area contributed by atoms with Gasteiger partial charge in [0.05, 0.1) is 5.76 Å². The Bertz CT molecular complexity index is 259. The Hall–Kier alpha value is -1.25. The predicted molar refractivity (Wildman–Crippen MR) is 57.6 cm³/mol. The van der Waals surface area contributed by atoms with Crippen molar-refractivity contribution < 1.29 is 9.53 Å². The molecule has 0 heterocycles. The lowest BCUT2D eigenvalue weighted by atomic mass is 10.1. The van der Waals surface area contributed by atoms with Gasteiger partial charge in [0.25, 0.3) is 5.91 Å². The number of hydrogen-bond donors (Lipinski definition) is 1. The number of carbonyl (C=O) groups excluding carboxylic acids is 1. The van der Waals surface area contributed by atoms with E-state index in [0.29, 0.717) is 5.76 Å². The normalized spacial score (nSPS) is 12.2. The van der Waals surface area contributed by atoms with Crippen LogP contribution in [-0.2, 0) is 9.53 Å². The van der Waals surface area contributed by atoms with E-state index in [4.69, 9.17) is 4.74 Å². The van der Waals surface area contributed by atoms with Crippen molar-refractivity contribution >= 4 is 5.91 Å². The van der Waals surface area contributed by atoms with E-state index in [9.17, 15) is 4.79 Å². The zero-order valence-electron chi connectivity index (χ0n) is 9.60. The molecule has 0 fully saturated rings. The molecule has 1 N–H and O–H groups in total. The number of amides is 1. The predicted octanol–water partition coefficient (Wildman–Crippen LogP) is 2.36. The first-order chi connectivity index (χ1) is 6.26. The molecule has 0 aliphatic rings. The van der Waals surface area contributed by atoms with Crippen LogP contribution in [0.4, 0.5) is 0 Å². The van der Waals surface area contributed by atoms with Crippen molar-refractivity contribution in [2.24, 2.45) is 0 Å². The van der Waals surface area contributed by atoms with Crippen molar-refractivity contribution in [3.63, 3.8) is 0 Å². The van der Waals surface area contributed by atoms with Crippen LogP contribution in [0.15, 0.2) is 24.2 Å². The molecule has 14 heavy (non-hydrogen) atoms. The van der Waals surface area contributed by atoms with Gasteiger partial charge >= 0.3 is 0 Å². The molecule has 0 aromatic heterocycles. The van der Waals surface area contributed by atoms with Gasteiger partial charge in [0, 0.05) is 5.54 Å². The highest BCUT2D eigenvalue weighted by Crippen LogP contribution is 2.07. The van der Waals surface area contributed by atoms with Crippen LogP contribution in [0.3, 0.4) is 0 Å². The van der Waals surface area contributed by atoms with Gasteiger partial charge in [0.1, 0.15) is 0 Å². The van der Waals surface area contributed by atoms with Gasteiger partial charge < -0.3 is 10.1 Å². The molecule has 0 aromatic carbocycles. The highest BCUT2D eigenvalue weighted by Gasteiger charge is 2.17. The van der Waals surface area contributed by atoms with E-state index in [0.717, 1.165) is 0 Å². The molecular weight excluding hydrogens is 178 g/mol. The Morgan fingerprint density at radius 3 is 2.21 bits per heavy atom. The van der Waals surface area contributed by atoms with E-state index < -0.39 is 0 Å². The molecule has 0 spiro atoms. The minimum Gasteiger partial charge on any atom is -0.457 e. The largest absolute Gasteiger partial charge is 0.457 e. The summed E-state index contributed by atoms with van der Waals surface area (Å²) in [7, 11) is 0. The fraction of sp³-hybridized carbons (Fsp3) is 0.545. The standard InChI is InChI=1S/C11H19NO2/c1-7-9(14-8(2)3)10(13)12-11(4,5)6/h7H,2H2,1,3-6H3,(H,12,13)/b9-7-. The van der Waals surface area contributed by atoms with Crippen LogP contribution in [0.25, 0.3) is 0 Å². The van der Waals surface area contributed by atoms with E-state index in [1.165, 1.54) is 0 Å². The van der Waals surface area contributed by atoms with Crippen molar-refractivity contribution in [1.29, 1.82) is 0 Å². The maximum absolute atomic E-state index is 11.6. The summed E-state index contributed by atoms with van der Waals surface area (Å²) in [6.07, 6.45) is 1.62. The Labute approximate surface area is 85.8 Å². The van der Waals surface area contributed by atoms with Gasteiger partial charge in [-0.3, -0.25) is 4.79 Å². The summed E-state index contributed by atoms with van der Waals surface area (Å²) >= 11 is 0. The van der Waals surface area contributed by atoms with Gasteiger partial charge in [-0.2, -0.15) is 0 Å². The fourth-order valence-electron chi connectivity index (χ4n) is 0.826. The second kappa shape index (κ2) is 4.84. The summed E-state index contributed by atoms with van der Waals surface area (Å²) in [6, 6.07) is 0. The van der Waals surface area contributed by atoms with E-state index in [-0.39, 0.29) is 17.2 Å². The summed E-state index contributed by atoms with van der Waals surface area (Å²) in [6.45, 7) is 12.8. The highest BCUT2D eigenvalue weighted by molar-refractivity contribution is 5.91. The first kappa shape index (κ1) is 12.8. The Kier molecular flexibility index (Phi) is 4.41. The Morgan fingerprint density at radius 1 is 1.43 bits per heavy atom. The minimum absolute atomic E-state index is 0.219. The molecule has 1 amide bonds. The topological polar surface area (TPSA) is 38.3 Å². The molecule has 80 valence electrons. The van der Waals surface area contributed by atoms with E-state index >= 15 is 0 Å². The average Bonchev–Trinajstić information content (AvgIpc) is 1.96. The molecule has 0 rings (SSSR count). The molecule has 0 saturated heterocycles. The molecule has 3 heteroatoms. The van der Waals surface area contributed by atoms with Gasteiger partial charge in [0.2, 0.25) is 0 Å². The maximum atomic E-state index is 11.6. The second-order valence-corrected chi connectivity index (χ2v) is 4.16. The van der Waals surface area contributed by atoms with Crippen LogP contribution in [0.2, 0.25) is 0 Å². The Morgan fingerprint density at radius 2 is 1.93 bits per heavy atom. The molecule has 3 nitrogen and oxygen atoms in total. The molecule has 0 atom stereocenters. The van der Waals surface area contributed by atoms with Gasteiger partial charge in [-0.1, -0.05) is 6.58 Å². The van der Waals surface area contributed by atoms with Crippen molar-refractivity contribution in [3.8, 4) is 0 Å². The lowest BCUT2D eigenvalue weighted by Crippen LogP contribution is -2.41. The van der Waals surface area contributed by atoms with Crippen LogP contribution >= 0.6 is 0 Å². The van der Waals surface area contributed by atoms with Crippen LogP contribution in [0.1, 0.15) is 34.6 Å². The van der Waals surface area contributed by atoms with Crippen LogP contribution in [-0.4, -0.2) is 11.4 Å². The summed E-state index contributed by atoms with van der Waals surface area (Å²) in [5, 5.41) is 2.80. The number of carbonyl (C=O) groups is 1. The van der Waals surface area contributed by atoms with Crippen molar-refractivity contribution in [2.45, 2.75) is 40.2 Å². The first-order valence-electron chi connectivity index (χ1n) is 4.58. The van der Waals surface area contributed by atoms with E-state index in [1.54, 1.807) is 19.9 Å². The maximum Gasteiger partial charge on any atom is 0.287 e. The van der Waals surface area contributed by atoms with Gasteiger partial charge in [-0.15, -0.1) is 0 Å². The van der Waals surface area contributed by atoms with Crippen molar-refractivity contribution in [1.82, 2.24) is 5.32 Å². The van der Waals surface area contributed by atoms with Gasteiger partial charge in [0.15, 0.2) is 5.76 Å². The fourth-order valence-corrected chi connectivity index (χ4v) is 0.826. The molecule has 0 radical (unpaired) electrons. The number of hydrogen-bond acceptors (Lipinski definition) is 2. The van der Waals surface area contributed by atoms with Crippen molar-refractivity contribution in [3.05, 3.63) is 24.2 Å². The molecule has 0 aromatic rings. The number of rotatable bonds is 3. The van der Waals surface area contributed by atoms with Crippen LogP contribution < -0.4 is 5.32 Å². The summed E-state index contributed by atoms with van der Waals surface area (Å²) in [4.78, 5) is 11.6. The van der Waals surface area contributed by atoms with Crippen LogP contribution in [0, 0.1) is 0 Å². The minimum atomic E-state index is -0.260. The number of ether oxygens (including phenoxy) is 1. The van der Waals surface area contributed by atoms with E-state index in [2.05, 4.69) is 11.9 Å². The number of allylic oxidation sites excluding steroid dienone is 2. The number of nitrogens with one attached hydrogen (secondary N) is 1. The molecule has 0 aliphatic heterocycles. The average molecular weight is 197 g/mol. The third kappa shape index (κ3) is 5.41. The summed E-state index contributed by atoms with van der Waals surface area (Å²) in [5.74, 6) is 0.567. The smallest absolute Gasteiger partial charge is 0.287 e. The third-order valence-electron chi connectivity index (χ3n) is 1.26. The van der Waals surface area contributed by atoms with Crippen molar-refractivity contribution in [2.75, 3.05) is 0 Å². The molecule has 0 unspecified atom stereocenters. The summed E-state index contributed by atoms with van der Waals surface area (Å²) < 4.78 is 5.16. The van der Waals surface area contributed by atoms with Crippen LogP contribution in [0.5, 0.6) is 0 Å². The highest BCUT2D eigenvalue weighted by atomic mass is 16.5. The first-order valence-corrected chi connectivity index (χ1v) is 4.58. The third-order valence-corrected chi connectivity index (χ3v) is 1.26. The molecule has 0 bridgehead atoms. The quantitative estimate of drug-likeness (QED) is 0.557.